The number of nitrogens with one attached hydrogen (secondary N) is 1. The smallest absolute Gasteiger partial charge is 0.242 e. The van der Waals surface area contributed by atoms with Crippen LogP contribution < -0.4 is 10.1 Å². The van der Waals surface area contributed by atoms with Crippen LogP contribution in [-0.4, -0.2) is 36.9 Å². The molecule has 0 bridgehead atoms. The Morgan fingerprint density at radius 3 is 2.74 bits per heavy atom. The topological polar surface area (TPSA) is 58.6 Å². The summed E-state index contributed by atoms with van der Waals surface area (Å²) in [4.78, 5) is 26.3. The van der Waals surface area contributed by atoms with Crippen molar-refractivity contribution in [1.82, 2.24) is 10.2 Å². The third kappa shape index (κ3) is 4.24. The van der Waals surface area contributed by atoms with E-state index in [4.69, 9.17) is 4.74 Å². The predicted molar refractivity (Wildman–Crippen MR) is 89.1 cm³/mol. The molecule has 5 heteroatoms. The Balaban J connectivity index is 2.03. The van der Waals surface area contributed by atoms with Gasteiger partial charge in [0.15, 0.2) is 0 Å². The molecule has 1 heterocycles. The average molecular weight is 318 g/mol. The molecular weight excluding hydrogens is 292 g/mol. The molecule has 1 fully saturated rings. The molecule has 0 saturated carbocycles. The standard InChI is InChI=1S/C18H26N2O3/c1-18(2,3)17(22)19-12-16(21)20-10-6-9-15(20)13-7-5-8-14(11-13)23-4/h5,7-8,11,15H,6,9-10,12H2,1-4H3,(H,19,22). The van der Waals surface area contributed by atoms with E-state index in [1.807, 2.05) is 49.9 Å². The Labute approximate surface area is 138 Å². The second kappa shape index (κ2) is 7.02. The van der Waals surface area contributed by atoms with Gasteiger partial charge in [0.2, 0.25) is 11.8 Å². The minimum atomic E-state index is -0.489. The zero-order valence-electron chi connectivity index (χ0n) is 14.4. The van der Waals surface area contributed by atoms with Crippen molar-refractivity contribution < 1.29 is 14.3 Å². The Morgan fingerprint density at radius 1 is 1.35 bits per heavy atom. The van der Waals surface area contributed by atoms with Crippen LogP contribution in [0.4, 0.5) is 0 Å². The van der Waals surface area contributed by atoms with Crippen molar-refractivity contribution in [2.45, 2.75) is 39.7 Å². The summed E-state index contributed by atoms with van der Waals surface area (Å²) in [5.41, 5.74) is 0.592. The Hall–Kier alpha value is -2.04. The summed E-state index contributed by atoms with van der Waals surface area (Å²) >= 11 is 0. The van der Waals surface area contributed by atoms with Crippen LogP contribution in [-0.2, 0) is 9.59 Å². The van der Waals surface area contributed by atoms with Gasteiger partial charge in [-0.2, -0.15) is 0 Å². The zero-order valence-corrected chi connectivity index (χ0v) is 14.4. The van der Waals surface area contributed by atoms with E-state index in [0.717, 1.165) is 30.7 Å². The number of rotatable bonds is 4. The number of hydrogen-bond acceptors (Lipinski definition) is 3. The summed E-state index contributed by atoms with van der Waals surface area (Å²) in [5, 5.41) is 2.74. The lowest BCUT2D eigenvalue weighted by Crippen LogP contribution is -2.43. The number of ether oxygens (including phenoxy) is 1. The molecule has 1 saturated heterocycles. The highest BCUT2D eigenvalue weighted by atomic mass is 16.5. The minimum absolute atomic E-state index is 0.0343. The number of likely N-dealkylation sites (tertiary alicyclic amines) is 1. The van der Waals surface area contributed by atoms with E-state index in [2.05, 4.69) is 5.32 Å². The lowest BCUT2D eigenvalue weighted by atomic mass is 9.96. The van der Waals surface area contributed by atoms with E-state index in [9.17, 15) is 9.59 Å². The predicted octanol–water partition coefficient (Wildman–Crippen LogP) is 2.52. The molecule has 0 aromatic heterocycles. The molecule has 1 aromatic rings. The Kier molecular flexibility index (Phi) is 5.29. The van der Waals surface area contributed by atoms with Gasteiger partial charge >= 0.3 is 0 Å². The van der Waals surface area contributed by atoms with Crippen LogP contribution in [0.3, 0.4) is 0 Å². The number of nitrogens with zero attached hydrogens (tertiary/aromatic N) is 1. The molecular formula is C18H26N2O3. The lowest BCUT2D eigenvalue weighted by Gasteiger charge is -2.26. The summed E-state index contributed by atoms with van der Waals surface area (Å²) < 4.78 is 5.27. The summed E-state index contributed by atoms with van der Waals surface area (Å²) in [6.45, 7) is 6.29. The second-order valence-electron chi connectivity index (χ2n) is 6.95. The largest absolute Gasteiger partial charge is 0.497 e. The van der Waals surface area contributed by atoms with Crippen molar-refractivity contribution in [3.05, 3.63) is 29.8 Å². The van der Waals surface area contributed by atoms with Gasteiger partial charge in [-0.1, -0.05) is 32.9 Å². The zero-order chi connectivity index (χ0) is 17.0. The third-order valence-corrected chi connectivity index (χ3v) is 4.13. The van der Waals surface area contributed by atoms with Crippen LogP contribution in [0.5, 0.6) is 5.75 Å². The van der Waals surface area contributed by atoms with Gasteiger partial charge in [-0.3, -0.25) is 9.59 Å². The molecule has 2 rings (SSSR count). The van der Waals surface area contributed by atoms with Gasteiger partial charge in [0.05, 0.1) is 19.7 Å². The fraction of sp³-hybridized carbons (Fsp3) is 0.556. The molecule has 1 aromatic carbocycles. The highest BCUT2D eigenvalue weighted by Gasteiger charge is 2.31. The first kappa shape index (κ1) is 17.3. The third-order valence-electron chi connectivity index (χ3n) is 4.13. The average Bonchev–Trinajstić information content (AvgIpc) is 3.01. The number of carbonyl (C=O) groups is 2. The molecule has 1 atom stereocenters. The number of carbonyl (C=O) groups excluding carboxylic acids is 2. The maximum Gasteiger partial charge on any atom is 0.242 e. The van der Waals surface area contributed by atoms with Gasteiger partial charge in [-0.05, 0) is 30.5 Å². The molecule has 2 amide bonds. The van der Waals surface area contributed by atoms with Gasteiger partial charge in [-0.15, -0.1) is 0 Å². The molecule has 0 aliphatic carbocycles. The fourth-order valence-corrected chi connectivity index (χ4v) is 2.78. The molecule has 0 radical (unpaired) electrons. The van der Waals surface area contributed by atoms with Crippen molar-refractivity contribution in [2.24, 2.45) is 5.41 Å². The van der Waals surface area contributed by atoms with Crippen LogP contribution in [0, 0.1) is 5.41 Å². The molecule has 23 heavy (non-hydrogen) atoms. The van der Waals surface area contributed by atoms with Crippen molar-refractivity contribution in [3.63, 3.8) is 0 Å². The SMILES string of the molecule is COc1cccc(C2CCCN2C(=O)CNC(=O)C(C)(C)C)c1. The summed E-state index contributed by atoms with van der Waals surface area (Å²) in [6, 6.07) is 7.89. The van der Waals surface area contributed by atoms with E-state index >= 15 is 0 Å². The van der Waals surface area contributed by atoms with Crippen molar-refractivity contribution in [3.8, 4) is 5.75 Å². The van der Waals surface area contributed by atoms with Crippen LogP contribution in [0.25, 0.3) is 0 Å². The molecule has 126 valence electrons. The van der Waals surface area contributed by atoms with E-state index in [0.29, 0.717) is 0 Å². The van der Waals surface area contributed by atoms with Crippen LogP contribution >= 0.6 is 0 Å². The van der Waals surface area contributed by atoms with Crippen molar-refractivity contribution >= 4 is 11.8 Å². The maximum atomic E-state index is 12.5. The summed E-state index contributed by atoms with van der Waals surface area (Å²) in [5.74, 6) is 0.652. The monoisotopic (exact) mass is 318 g/mol. The quantitative estimate of drug-likeness (QED) is 0.928. The van der Waals surface area contributed by atoms with Crippen LogP contribution in [0.15, 0.2) is 24.3 Å². The molecule has 1 unspecified atom stereocenters. The van der Waals surface area contributed by atoms with E-state index < -0.39 is 5.41 Å². The van der Waals surface area contributed by atoms with E-state index in [-0.39, 0.29) is 24.4 Å². The molecule has 0 spiro atoms. The fourth-order valence-electron chi connectivity index (χ4n) is 2.78. The number of methoxy groups -OCH3 is 1. The maximum absolute atomic E-state index is 12.5. The van der Waals surface area contributed by atoms with Gasteiger partial charge in [0.1, 0.15) is 5.75 Å². The summed E-state index contributed by atoms with van der Waals surface area (Å²) in [7, 11) is 1.64. The van der Waals surface area contributed by atoms with E-state index in [1.54, 1.807) is 7.11 Å². The van der Waals surface area contributed by atoms with Gasteiger partial charge in [0.25, 0.3) is 0 Å². The number of hydrogen-bond donors (Lipinski definition) is 1. The first-order valence-electron chi connectivity index (χ1n) is 8.04. The van der Waals surface area contributed by atoms with Gasteiger partial charge < -0.3 is 15.0 Å². The van der Waals surface area contributed by atoms with E-state index in [1.165, 1.54) is 0 Å². The molecule has 1 aliphatic rings. The summed E-state index contributed by atoms with van der Waals surface area (Å²) in [6.07, 6.45) is 1.91. The van der Waals surface area contributed by atoms with Crippen molar-refractivity contribution in [2.75, 3.05) is 20.2 Å². The van der Waals surface area contributed by atoms with Crippen molar-refractivity contribution in [1.29, 1.82) is 0 Å². The minimum Gasteiger partial charge on any atom is -0.497 e. The molecule has 1 aliphatic heterocycles. The first-order valence-corrected chi connectivity index (χ1v) is 8.04. The molecule has 5 nitrogen and oxygen atoms in total. The lowest BCUT2D eigenvalue weighted by molar-refractivity contribution is -0.135. The Bertz CT molecular complexity index is 578. The van der Waals surface area contributed by atoms with Crippen LogP contribution in [0.2, 0.25) is 0 Å². The molecule has 1 N–H and O–H groups in total. The number of amides is 2. The Morgan fingerprint density at radius 2 is 2.09 bits per heavy atom. The highest BCUT2D eigenvalue weighted by molar-refractivity contribution is 5.87. The normalized spacial score (nSPS) is 17.9. The first-order chi connectivity index (χ1) is 10.8. The van der Waals surface area contributed by atoms with Gasteiger partial charge in [0, 0.05) is 12.0 Å². The second-order valence-corrected chi connectivity index (χ2v) is 6.95. The van der Waals surface area contributed by atoms with Gasteiger partial charge in [-0.25, -0.2) is 0 Å². The highest BCUT2D eigenvalue weighted by Crippen LogP contribution is 2.33. The van der Waals surface area contributed by atoms with Crippen LogP contribution in [0.1, 0.15) is 45.2 Å². The number of benzene rings is 1.